The maximum Gasteiger partial charge on any atom is 0.264 e. The number of benzene rings is 3. The zero-order chi connectivity index (χ0) is 21.5. The number of ketones is 1. The van der Waals surface area contributed by atoms with E-state index in [1.165, 1.54) is 17.0 Å². The molecule has 3 aromatic rings. The number of Topliss-reactive ketones (excluding diaryl/α,β-unsaturated/α-hetero) is 1. The number of para-hydroxylation sites is 1. The van der Waals surface area contributed by atoms with E-state index < -0.39 is 23.7 Å². The molecule has 3 aromatic carbocycles. The highest BCUT2D eigenvalue weighted by Crippen LogP contribution is 2.44. The number of fused-ring (bicyclic) bond motifs is 1. The number of carbonyl (C=O) groups is 2. The van der Waals surface area contributed by atoms with Gasteiger partial charge in [0.25, 0.3) is 5.91 Å². The predicted molar refractivity (Wildman–Crippen MR) is 113 cm³/mol. The van der Waals surface area contributed by atoms with Crippen molar-refractivity contribution in [2.75, 3.05) is 4.90 Å². The molecule has 0 radical (unpaired) electrons. The molecule has 1 aliphatic heterocycles. The Hall–Kier alpha value is -3.02. The van der Waals surface area contributed by atoms with E-state index in [1.807, 2.05) is 6.92 Å². The second-order valence-electron chi connectivity index (χ2n) is 7.43. The largest absolute Gasteiger partial charge is 0.375 e. The first-order valence-corrected chi connectivity index (χ1v) is 9.85. The minimum absolute atomic E-state index is 0.149. The average Bonchev–Trinajstić information content (AvgIpc) is 2.93. The fraction of sp³-hybridized carbons (Fsp3) is 0.167. The van der Waals surface area contributed by atoms with Crippen LogP contribution in [0.25, 0.3) is 0 Å². The monoisotopic (exact) mass is 423 g/mol. The number of aryl methyl sites for hydroxylation is 1. The molecular formula is C24H19ClFNO3. The van der Waals surface area contributed by atoms with Gasteiger partial charge in [-0.2, -0.15) is 0 Å². The number of carbonyl (C=O) groups excluding carboxylic acids is 2. The fourth-order valence-corrected chi connectivity index (χ4v) is 3.97. The Morgan fingerprint density at radius 1 is 1.07 bits per heavy atom. The second kappa shape index (κ2) is 7.67. The molecule has 0 saturated carbocycles. The van der Waals surface area contributed by atoms with Crippen molar-refractivity contribution >= 4 is 29.0 Å². The SMILES string of the molecule is Cc1ccc(C(=O)C[C@@]2(O)C(=O)N(Cc3c(F)cccc3Cl)c3ccccc32)cc1. The van der Waals surface area contributed by atoms with Gasteiger partial charge in [-0.1, -0.05) is 65.7 Å². The highest BCUT2D eigenvalue weighted by molar-refractivity contribution is 6.31. The molecule has 4 rings (SSSR count). The van der Waals surface area contributed by atoms with Crippen molar-refractivity contribution < 1.29 is 19.1 Å². The van der Waals surface area contributed by atoms with Crippen LogP contribution in [-0.2, 0) is 16.9 Å². The zero-order valence-corrected chi connectivity index (χ0v) is 17.0. The zero-order valence-electron chi connectivity index (χ0n) is 16.2. The van der Waals surface area contributed by atoms with E-state index in [0.717, 1.165) is 5.56 Å². The molecule has 1 amide bonds. The number of amides is 1. The van der Waals surface area contributed by atoms with Crippen molar-refractivity contribution in [2.24, 2.45) is 0 Å². The molecule has 4 nitrogen and oxygen atoms in total. The van der Waals surface area contributed by atoms with Gasteiger partial charge in [0.05, 0.1) is 18.7 Å². The van der Waals surface area contributed by atoms with Crippen LogP contribution in [-0.4, -0.2) is 16.8 Å². The van der Waals surface area contributed by atoms with Gasteiger partial charge in [-0.3, -0.25) is 9.59 Å². The Bertz CT molecular complexity index is 1130. The van der Waals surface area contributed by atoms with Crippen LogP contribution in [0, 0.1) is 12.7 Å². The number of halogens is 2. The summed E-state index contributed by atoms with van der Waals surface area (Å²) in [6.07, 6.45) is -0.409. The minimum atomic E-state index is -2.03. The van der Waals surface area contributed by atoms with Crippen LogP contribution >= 0.6 is 11.6 Å². The van der Waals surface area contributed by atoms with Crippen LogP contribution < -0.4 is 4.90 Å². The standard InChI is InChI=1S/C24H19ClFNO3/c1-15-9-11-16(12-10-15)22(28)13-24(30)18-5-2-3-8-21(18)27(23(24)29)14-17-19(25)6-4-7-20(17)26/h2-12,30H,13-14H2,1H3/t24-/m0/s1. The number of hydrogen-bond donors (Lipinski definition) is 1. The molecule has 0 aliphatic carbocycles. The van der Waals surface area contributed by atoms with Crippen molar-refractivity contribution in [3.63, 3.8) is 0 Å². The third-order valence-corrected chi connectivity index (χ3v) is 5.76. The van der Waals surface area contributed by atoms with Gasteiger partial charge in [-0.25, -0.2) is 4.39 Å². The van der Waals surface area contributed by atoms with E-state index in [1.54, 1.807) is 54.6 Å². The van der Waals surface area contributed by atoms with Crippen LogP contribution in [0.1, 0.15) is 33.5 Å². The lowest BCUT2D eigenvalue weighted by atomic mass is 9.88. The summed E-state index contributed by atoms with van der Waals surface area (Å²) in [6.45, 7) is 1.76. The molecule has 0 bridgehead atoms. The topological polar surface area (TPSA) is 57.6 Å². The van der Waals surface area contributed by atoms with Crippen molar-refractivity contribution in [2.45, 2.75) is 25.5 Å². The number of rotatable bonds is 5. The molecule has 0 saturated heterocycles. The van der Waals surface area contributed by atoms with E-state index in [-0.39, 0.29) is 22.9 Å². The smallest absolute Gasteiger partial charge is 0.264 e. The van der Waals surface area contributed by atoms with E-state index in [4.69, 9.17) is 11.6 Å². The Balaban J connectivity index is 1.70. The average molecular weight is 424 g/mol. The van der Waals surface area contributed by atoms with Gasteiger partial charge in [0.1, 0.15) is 5.82 Å². The van der Waals surface area contributed by atoms with Gasteiger partial charge in [-0.05, 0) is 25.1 Å². The lowest BCUT2D eigenvalue weighted by molar-refractivity contribution is -0.136. The van der Waals surface area contributed by atoms with Crippen LogP contribution in [0.5, 0.6) is 0 Å². The van der Waals surface area contributed by atoms with Crippen molar-refractivity contribution in [1.29, 1.82) is 0 Å². The Morgan fingerprint density at radius 2 is 1.77 bits per heavy atom. The highest BCUT2D eigenvalue weighted by atomic mass is 35.5. The van der Waals surface area contributed by atoms with E-state index >= 15 is 0 Å². The summed E-state index contributed by atoms with van der Waals surface area (Å²) in [5.74, 6) is -1.58. The third kappa shape index (κ3) is 3.40. The summed E-state index contributed by atoms with van der Waals surface area (Å²) in [6, 6.07) is 17.9. The van der Waals surface area contributed by atoms with Gasteiger partial charge in [0, 0.05) is 21.7 Å². The maximum atomic E-state index is 14.3. The van der Waals surface area contributed by atoms with Gasteiger partial charge in [0.15, 0.2) is 11.4 Å². The molecule has 1 aliphatic rings. The molecule has 0 fully saturated rings. The highest BCUT2D eigenvalue weighted by Gasteiger charge is 2.51. The van der Waals surface area contributed by atoms with Crippen molar-refractivity contribution in [3.8, 4) is 0 Å². The fourth-order valence-electron chi connectivity index (χ4n) is 3.75. The maximum absolute atomic E-state index is 14.3. The molecule has 1 heterocycles. The first kappa shape index (κ1) is 20.3. The normalized spacial score (nSPS) is 17.9. The Morgan fingerprint density at radius 3 is 2.47 bits per heavy atom. The summed E-state index contributed by atoms with van der Waals surface area (Å²) in [5.41, 5.74) is 0.284. The molecule has 1 atom stereocenters. The summed E-state index contributed by atoms with van der Waals surface area (Å²) < 4.78 is 14.3. The van der Waals surface area contributed by atoms with Crippen LogP contribution in [0.4, 0.5) is 10.1 Å². The molecule has 152 valence electrons. The molecule has 1 N–H and O–H groups in total. The van der Waals surface area contributed by atoms with Gasteiger partial charge in [0.2, 0.25) is 0 Å². The first-order chi connectivity index (χ1) is 14.3. The van der Waals surface area contributed by atoms with Crippen molar-refractivity contribution in [1.82, 2.24) is 0 Å². The second-order valence-corrected chi connectivity index (χ2v) is 7.84. The molecular weight excluding hydrogens is 405 g/mol. The quantitative estimate of drug-likeness (QED) is 0.600. The van der Waals surface area contributed by atoms with Crippen LogP contribution in [0.3, 0.4) is 0 Å². The lowest BCUT2D eigenvalue weighted by Gasteiger charge is -2.23. The lowest BCUT2D eigenvalue weighted by Crippen LogP contribution is -2.41. The van der Waals surface area contributed by atoms with E-state index in [0.29, 0.717) is 16.8 Å². The molecule has 6 heteroatoms. The molecule has 0 aromatic heterocycles. The summed E-state index contributed by atoms with van der Waals surface area (Å²) >= 11 is 6.14. The predicted octanol–water partition coefficient (Wildman–Crippen LogP) is 4.79. The van der Waals surface area contributed by atoms with Gasteiger partial charge >= 0.3 is 0 Å². The number of nitrogens with zero attached hydrogens (tertiary/aromatic N) is 1. The number of anilines is 1. The third-order valence-electron chi connectivity index (χ3n) is 5.41. The van der Waals surface area contributed by atoms with E-state index in [2.05, 4.69) is 0 Å². The summed E-state index contributed by atoms with van der Waals surface area (Å²) in [5, 5.41) is 11.5. The minimum Gasteiger partial charge on any atom is -0.375 e. The van der Waals surface area contributed by atoms with Crippen LogP contribution in [0.15, 0.2) is 66.7 Å². The number of aliphatic hydroxyl groups is 1. The van der Waals surface area contributed by atoms with Crippen molar-refractivity contribution in [3.05, 3.63) is 99.8 Å². The van der Waals surface area contributed by atoms with Crippen LogP contribution in [0.2, 0.25) is 5.02 Å². The molecule has 30 heavy (non-hydrogen) atoms. The first-order valence-electron chi connectivity index (χ1n) is 9.48. The van der Waals surface area contributed by atoms with Gasteiger partial charge in [-0.15, -0.1) is 0 Å². The number of hydrogen-bond acceptors (Lipinski definition) is 3. The Kier molecular flexibility index (Phi) is 5.18. The van der Waals surface area contributed by atoms with E-state index in [9.17, 15) is 19.1 Å². The summed E-state index contributed by atoms with van der Waals surface area (Å²) in [7, 11) is 0. The molecule has 0 unspecified atom stereocenters. The molecule has 0 spiro atoms. The van der Waals surface area contributed by atoms with Gasteiger partial charge < -0.3 is 10.0 Å². The summed E-state index contributed by atoms with van der Waals surface area (Å²) in [4.78, 5) is 27.4. The Labute approximate surface area is 178 Å².